The first-order valence-corrected chi connectivity index (χ1v) is 10.9. The Kier molecular flexibility index (Phi) is 6.82. The van der Waals surface area contributed by atoms with Crippen molar-refractivity contribution in [3.8, 4) is 0 Å². The molecule has 3 rings (SSSR count). The summed E-state index contributed by atoms with van der Waals surface area (Å²) in [5.74, 6) is -1.38. The summed E-state index contributed by atoms with van der Waals surface area (Å²) in [4.78, 5) is 14.2. The van der Waals surface area contributed by atoms with Crippen LogP contribution in [0.1, 0.15) is 11.1 Å². The molecule has 162 valence electrons. The Morgan fingerprint density at radius 2 is 1.35 bits per heavy atom. The molecule has 0 aliphatic heterocycles. The van der Waals surface area contributed by atoms with E-state index in [9.17, 15) is 22.0 Å². The quantitative estimate of drug-likeness (QED) is 0.551. The molecule has 0 atom stereocenters. The van der Waals surface area contributed by atoms with Gasteiger partial charge >= 0.3 is 0 Å². The van der Waals surface area contributed by atoms with Gasteiger partial charge in [-0.3, -0.25) is 4.79 Å². The summed E-state index contributed by atoms with van der Waals surface area (Å²) in [5, 5.41) is 0. The monoisotopic (exact) mass is 444 g/mol. The van der Waals surface area contributed by atoms with Gasteiger partial charge in [-0.1, -0.05) is 29.8 Å². The Bertz CT molecular complexity index is 1150. The highest BCUT2D eigenvalue weighted by atomic mass is 32.2. The van der Waals surface area contributed by atoms with E-state index in [0.717, 1.165) is 9.87 Å². The van der Waals surface area contributed by atoms with E-state index in [-0.39, 0.29) is 11.4 Å². The standard InChI is InChI=1S/C23H22F2N2O3S/c1-17-3-13-22(14-4-17)31(29,30)27(15-18-5-7-19(24)8-6-18)16-23(28)26(2)21-11-9-20(25)10-12-21/h3-14H,15-16H2,1-2H3. The van der Waals surface area contributed by atoms with E-state index in [2.05, 4.69) is 0 Å². The number of likely N-dealkylation sites (N-methyl/N-ethyl adjacent to an activating group) is 1. The molecular weight excluding hydrogens is 422 g/mol. The third-order valence-electron chi connectivity index (χ3n) is 4.83. The van der Waals surface area contributed by atoms with Gasteiger partial charge in [-0.25, -0.2) is 17.2 Å². The van der Waals surface area contributed by atoms with E-state index in [0.29, 0.717) is 11.3 Å². The fourth-order valence-electron chi connectivity index (χ4n) is 2.94. The summed E-state index contributed by atoms with van der Waals surface area (Å²) in [5.41, 5.74) is 1.87. The van der Waals surface area contributed by atoms with Crippen molar-refractivity contribution in [1.29, 1.82) is 0 Å². The molecular formula is C23H22F2N2O3S. The number of sulfonamides is 1. The predicted octanol–water partition coefficient (Wildman–Crippen LogP) is 4.13. The second-order valence-electron chi connectivity index (χ2n) is 7.14. The van der Waals surface area contributed by atoms with Crippen LogP contribution in [-0.2, 0) is 21.4 Å². The van der Waals surface area contributed by atoms with E-state index in [1.54, 1.807) is 12.1 Å². The number of halogens is 2. The zero-order valence-electron chi connectivity index (χ0n) is 17.1. The number of amides is 1. The van der Waals surface area contributed by atoms with E-state index in [1.807, 2.05) is 6.92 Å². The van der Waals surface area contributed by atoms with Crippen LogP contribution in [0.5, 0.6) is 0 Å². The van der Waals surface area contributed by atoms with Gasteiger partial charge in [0.2, 0.25) is 15.9 Å². The van der Waals surface area contributed by atoms with Crippen molar-refractivity contribution >= 4 is 21.6 Å². The molecule has 0 heterocycles. The normalized spacial score (nSPS) is 11.5. The highest BCUT2D eigenvalue weighted by molar-refractivity contribution is 7.89. The summed E-state index contributed by atoms with van der Waals surface area (Å²) in [7, 11) is -2.52. The maximum atomic E-state index is 13.3. The van der Waals surface area contributed by atoms with Crippen LogP contribution >= 0.6 is 0 Å². The van der Waals surface area contributed by atoms with Gasteiger partial charge in [0.1, 0.15) is 11.6 Å². The lowest BCUT2D eigenvalue weighted by molar-refractivity contribution is -0.118. The number of aryl methyl sites for hydroxylation is 1. The van der Waals surface area contributed by atoms with Crippen LogP contribution in [0.25, 0.3) is 0 Å². The maximum absolute atomic E-state index is 13.3. The van der Waals surface area contributed by atoms with Gasteiger partial charge in [-0.15, -0.1) is 0 Å². The van der Waals surface area contributed by atoms with Crippen LogP contribution in [0.15, 0.2) is 77.7 Å². The van der Waals surface area contributed by atoms with E-state index in [4.69, 9.17) is 0 Å². The number of rotatable bonds is 7. The first-order chi connectivity index (χ1) is 14.7. The molecule has 5 nitrogen and oxygen atoms in total. The van der Waals surface area contributed by atoms with Gasteiger partial charge in [0.25, 0.3) is 0 Å². The van der Waals surface area contributed by atoms with Crippen LogP contribution in [0, 0.1) is 18.6 Å². The topological polar surface area (TPSA) is 57.7 Å². The smallest absolute Gasteiger partial charge is 0.243 e. The second kappa shape index (κ2) is 9.36. The third kappa shape index (κ3) is 5.53. The zero-order chi connectivity index (χ0) is 22.6. The zero-order valence-corrected chi connectivity index (χ0v) is 17.9. The Morgan fingerprint density at radius 3 is 1.90 bits per heavy atom. The molecule has 0 saturated carbocycles. The van der Waals surface area contributed by atoms with Crippen LogP contribution in [-0.4, -0.2) is 32.2 Å². The number of benzene rings is 3. The lowest BCUT2D eigenvalue weighted by Crippen LogP contribution is -2.41. The van der Waals surface area contributed by atoms with Crippen LogP contribution in [0.2, 0.25) is 0 Å². The number of anilines is 1. The van der Waals surface area contributed by atoms with Gasteiger partial charge in [-0.05, 0) is 61.0 Å². The third-order valence-corrected chi connectivity index (χ3v) is 6.64. The molecule has 0 spiro atoms. The number of nitrogens with zero attached hydrogens (tertiary/aromatic N) is 2. The fourth-order valence-corrected chi connectivity index (χ4v) is 4.32. The largest absolute Gasteiger partial charge is 0.314 e. The molecule has 0 N–H and O–H groups in total. The van der Waals surface area contributed by atoms with Gasteiger partial charge in [0.15, 0.2) is 0 Å². The average Bonchev–Trinajstić information content (AvgIpc) is 2.75. The van der Waals surface area contributed by atoms with Crippen LogP contribution < -0.4 is 4.90 Å². The molecule has 0 aromatic heterocycles. The highest BCUT2D eigenvalue weighted by Gasteiger charge is 2.28. The molecule has 0 unspecified atom stereocenters. The lowest BCUT2D eigenvalue weighted by atomic mass is 10.2. The Labute approximate surface area is 180 Å². The van der Waals surface area contributed by atoms with Gasteiger partial charge in [-0.2, -0.15) is 4.31 Å². The fraction of sp³-hybridized carbons (Fsp3) is 0.174. The molecule has 31 heavy (non-hydrogen) atoms. The molecule has 0 bridgehead atoms. The van der Waals surface area contributed by atoms with Crippen molar-refractivity contribution in [2.24, 2.45) is 0 Å². The Morgan fingerprint density at radius 1 is 0.839 bits per heavy atom. The first kappa shape index (κ1) is 22.6. The van der Waals surface area contributed by atoms with E-state index >= 15 is 0 Å². The molecule has 0 saturated heterocycles. The first-order valence-electron chi connectivity index (χ1n) is 9.50. The summed E-state index contributed by atoms with van der Waals surface area (Å²) >= 11 is 0. The maximum Gasteiger partial charge on any atom is 0.243 e. The Hall–Kier alpha value is -3.10. The van der Waals surface area contributed by atoms with Gasteiger partial charge in [0.05, 0.1) is 11.4 Å². The molecule has 3 aromatic carbocycles. The predicted molar refractivity (Wildman–Crippen MR) is 115 cm³/mol. The molecule has 0 fully saturated rings. The molecule has 0 aliphatic rings. The number of carbonyl (C=O) groups is 1. The van der Waals surface area contributed by atoms with Crippen LogP contribution in [0.4, 0.5) is 14.5 Å². The SMILES string of the molecule is Cc1ccc(S(=O)(=O)N(CC(=O)N(C)c2ccc(F)cc2)Cc2ccc(F)cc2)cc1. The second-order valence-corrected chi connectivity index (χ2v) is 9.08. The van der Waals surface area contributed by atoms with Crippen molar-refractivity contribution in [3.05, 3.63) is 95.6 Å². The number of hydrogen-bond acceptors (Lipinski definition) is 3. The van der Waals surface area contributed by atoms with Crippen molar-refractivity contribution in [3.63, 3.8) is 0 Å². The van der Waals surface area contributed by atoms with Crippen LogP contribution in [0.3, 0.4) is 0 Å². The summed E-state index contributed by atoms with van der Waals surface area (Å²) in [6.07, 6.45) is 0. The van der Waals surface area contributed by atoms with Gasteiger partial charge < -0.3 is 4.90 Å². The highest BCUT2D eigenvalue weighted by Crippen LogP contribution is 2.21. The molecule has 0 aliphatic carbocycles. The van der Waals surface area contributed by atoms with Crippen molar-refractivity contribution in [2.45, 2.75) is 18.4 Å². The van der Waals surface area contributed by atoms with E-state index in [1.165, 1.54) is 72.6 Å². The van der Waals surface area contributed by atoms with Crippen molar-refractivity contribution in [2.75, 3.05) is 18.5 Å². The molecule has 0 radical (unpaired) electrons. The minimum absolute atomic E-state index is 0.0532. The summed E-state index contributed by atoms with van der Waals surface area (Å²) < 4.78 is 54.1. The van der Waals surface area contributed by atoms with Crippen molar-refractivity contribution < 1.29 is 22.0 Å². The lowest BCUT2D eigenvalue weighted by Gasteiger charge is -2.25. The Balaban J connectivity index is 1.90. The minimum atomic E-state index is -4.01. The average molecular weight is 445 g/mol. The van der Waals surface area contributed by atoms with E-state index < -0.39 is 34.1 Å². The molecule has 8 heteroatoms. The molecule has 1 amide bonds. The summed E-state index contributed by atoms with van der Waals surface area (Å²) in [6.45, 7) is 1.29. The van der Waals surface area contributed by atoms with Crippen molar-refractivity contribution in [1.82, 2.24) is 4.31 Å². The number of carbonyl (C=O) groups excluding carboxylic acids is 1. The summed E-state index contributed by atoms with van der Waals surface area (Å²) in [6, 6.07) is 17.0. The minimum Gasteiger partial charge on any atom is -0.314 e. The van der Waals surface area contributed by atoms with Gasteiger partial charge in [0, 0.05) is 19.3 Å². The molecule has 3 aromatic rings. The number of hydrogen-bond donors (Lipinski definition) is 0.